The van der Waals surface area contributed by atoms with Crippen LogP contribution < -0.4 is 10.6 Å². The van der Waals surface area contributed by atoms with Crippen molar-refractivity contribution in [3.05, 3.63) is 11.9 Å². The van der Waals surface area contributed by atoms with E-state index >= 15 is 0 Å². The molecule has 1 aliphatic rings. The molecule has 1 aromatic heterocycles. The molecule has 112 valence electrons. The molecule has 0 bridgehead atoms. The normalized spacial score (nSPS) is 23.1. The monoisotopic (exact) mass is 276 g/mol. The van der Waals surface area contributed by atoms with Gasteiger partial charge in [0.05, 0.1) is 0 Å². The number of nitrogens with two attached hydrogens (primary N) is 1. The van der Waals surface area contributed by atoms with Crippen LogP contribution in [-0.4, -0.2) is 23.1 Å². The van der Waals surface area contributed by atoms with E-state index in [1.54, 1.807) is 6.33 Å². The molecule has 2 rings (SSSR count). The molecule has 1 saturated carbocycles. The molecular formula is C16H28N4. The Morgan fingerprint density at radius 2 is 1.90 bits per heavy atom. The first-order chi connectivity index (χ1) is 9.54. The van der Waals surface area contributed by atoms with Crippen LogP contribution in [-0.2, 0) is 0 Å². The van der Waals surface area contributed by atoms with Gasteiger partial charge in [-0.2, -0.15) is 0 Å². The van der Waals surface area contributed by atoms with Gasteiger partial charge in [0.1, 0.15) is 18.0 Å². The molecule has 0 atom stereocenters. The maximum absolute atomic E-state index is 6.06. The molecule has 0 saturated heterocycles. The largest absolute Gasteiger partial charge is 0.383 e. The molecule has 0 unspecified atom stereocenters. The molecule has 0 radical (unpaired) electrons. The average Bonchev–Trinajstić information content (AvgIpc) is 2.46. The molecule has 0 spiro atoms. The first kappa shape index (κ1) is 15.1. The van der Waals surface area contributed by atoms with Gasteiger partial charge in [0.2, 0.25) is 0 Å². The predicted octanol–water partition coefficient (Wildman–Crippen LogP) is 3.59. The van der Waals surface area contributed by atoms with Crippen LogP contribution in [0.25, 0.3) is 0 Å². The second-order valence-electron chi connectivity index (χ2n) is 6.34. The van der Waals surface area contributed by atoms with Crippen LogP contribution in [0.15, 0.2) is 6.33 Å². The lowest BCUT2D eigenvalue weighted by atomic mass is 9.84. The van der Waals surface area contributed by atoms with Crippen LogP contribution in [0.5, 0.6) is 0 Å². The molecule has 1 aliphatic carbocycles. The Kier molecular flexibility index (Phi) is 4.84. The van der Waals surface area contributed by atoms with E-state index in [1.165, 1.54) is 32.1 Å². The van der Waals surface area contributed by atoms with Gasteiger partial charge >= 0.3 is 0 Å². The maximum atomic E-state index is 6.06. The molecule has 2 N–H and O–H groups in total. The Labute approximate surface area is 122 Å². The van der Waals surface area contributed by atoms with Crippen molar-refractivity contribution < 1.29 is 0 Å². The number of hydrogen-bond acceptors (Lipinski definition) is 4. The average molecular weight is 276 g/mol. The summed E-state index contributed by atoms with van der Waals surface area (Å²) in [5, 5.41) is 0. The zero-order chi connectivity index (χ0) is 14.7. The molecule has 0 amide bonds. The van der Waals surface area contributed by atoms with E-state index in [9.17, 15) is 0 Å². The van der Waals surface area contributed by atoms with Crippen LogP contribution in [0.2, 0.25) is 0 Å². The minimum atomic E-state index is 0.348. The molecule has 1 fully saturated rings. The first-order valence-corrected chi connectivity index (χ1v) is 7.87. The third kappa shape index (κ3) is 3.05. The van der Waals surface area contributed by atoms with Gasteiger partial charge in [-0.15, -0.1) is 0 Å². The van der Waals surface area contributed by atoms with Crippen molar-refractivity contribution in [3.8, 4) is 0 Å². The van der Waals surface area contributed by atoms with Crippen molar-refractivity contribution in [2.24, 2.45) is 5.92 Å². The fourth-order valence-corrected chi connectivity index (χ4v) is 3.35. The molecular weight excluding hydrogens is 248 g/mol. The summed E-state index contributed by atoms with van der Waals surface area (Å²) in [5.41, 5.74) is 7.15. The van der Waals surface area contributed by atoms with Crippen LogP contribution in [0.3, 0.4) is 0 Å². The zero-order valence-electron chi connectivity index (χ0n) is 13.3. The van der Waals surface area contributed by atoms with Gasteiger partial charge in [-0.05, 0) is 37.5 Å². The van der Waals surface area contributed by atoms with Crippen molar-refractivity contribution in [3.63, 3.8) is 0 Å². The zero-order valence-corrected chi connectivity index (χ0v) is 13.3. The maximum Gasteiger partial charge on any atom is 0.137 e. The number of nitrogens with zero attached hydrogens (tertiary/aromatic N) is 3. The van der Waals surface area contributed by atoms with E-state index in [2.05, 4.69) is 42.7 Å². The van der Waals surface area contributed by atoms with Crippen LogP contribution in [0, 0.1) is 5.92 Å². The van der Waals surface area contributed by atoms with Gasteiger partial charge in [-0.3, -0.25) is 0 Å². The second-order valence-corrected chi connectivity index (χ2v) is 6.34. The number of anilines is 2. The van der Waals surface area contributed by atoms with Gasteiger partial charge < -0.3 is 10.6 Å². The third-order valence-corrected chi connectivity index (χ3v) is 4.75. The molecule has 4 heteroatoms. The molecule has 1 heterocycles. The summed E-state index contributed by atoms with van der Waals surface area (Å²) in [6, 6.07) is 0.588. The summed E-state index contributed by atoms with van der Waals surface area (Å²) in [6.45, 7) is 6.61. The standard InChI is InChI=1S/C16H28N4/c1-5-12-6-8-13(9-7-12)20(4)16-14(11(2)3)15(17)18-10-19-16/h10-13H,5-9H2,1-4H3,(H2,17,18,19). The summed E-state index contributed by atoms with van der Waals surface area (Å²) >= 11 is 0. The van der Waals surface area contributed by atoms with E-state index in [4.69, 9.17) is 5.73 Å². The SMILES string of the molecule is CCC1CCC(N(C)c2ncnc(N)c2C(C)C)CC1. The lowest BCUT2D eigenvalue weighted by molar-refractivity contribution is 0.312. The van der Waals surface area contributed by atoms with Crippen LogP contribution >= 0.6 is 0 Å². The number of rotatable bonds is 4. The topological polar surface area (TPSA) is 55.0 Å². The van der Waals surface area contributed by atoms with E-state index in [1.807, 2.05) is 0 Å². The number of nitrogen functional groups attached to an aromatic ring is 1. The lowest BCUT2D eigenvalue weighted by Gasteiger charge is -2.36. The van der Waals surface area contributed by atoms with E-state index < -0.39 is 0 Å². The van der Waals surface area contributed by atoms with E-state index in [0.29, 0.717) is 17.8 Å². The second kappa shape index (κ2) is 6.42. The molecule has 0 aromatic carbocycles. The highest BCUT2D eigenvalue weighted by atomic mass is 15.2. The van der Waals surface area contributed by atoms with Crippen molar-refractivity contribution in [1.29, 1.82) is 0 Å². The summed E-state index contributed by atoms with van der Waals surface area (Å²) in [6.07, 6.45) is 8.10. The lowest BCUT2D eigenvalue weighted by Crippen LogP contribution is -2.36. The highest BCUT2D eigenvalue weighted by Gasteiger charge is 2.26. The van der Waals surface area contributed by atoms with Crippen LogP contribution in [0.4, 0.5) is 11.6 Å². The number of aromatic nitrogens is 2. The van der Waals surface area contributed by atoms with Crippen LogP contribution in [0.1, 0.15) is 64.4 Å². The van der Waals surface area contributed by atoms with E-state index in [-0.39, 0.29) is 0 Å². The summed E-state index contributed by atoms with van der Waals surface area (Å²) in [4.78, 5) is 11.0. The fourth-order valence-electron chi connectivity index (χ4n) is 3.35. The Morgan fingerprint density at radius 3 is 2.45 bits per heavy atom. The van der Waals surface area contributed by atoms with Crippen molar-refractivity contribution >= 4 is 11.6 Å². The molecule has 4 nitrogen and oxygen atoms in total. The van der Waals surface area contributed by atoms with Crippen molar-refractivity contribution in [2.75, 3.05) is 17.7 Å². The summed E-state index contributed by atoms with van der Waals surface area (Å²) in [5.74, 6) is 2.91. The van der Waals surface area contributed by atoms with Gasteiger partial charge in [0.25, 0.3) is 0 Å². The highest BCUT2D eigenvalue weighted by Crippen LogP contribution is 2.34. The predicted molar refractivity (Wildman–Crippen MR) is 85.0 cm³/mol. The van der Waals surface area contributed by atoms with Gasteiger partial charge in [-0.25, -0.2) is 9.97 Å². The summed E-state index contributed by atoms with van der Waals surface area (Å²) in [7, 11) is 2.16. The fraction of sp³-hybridized carbons (Fsp3) is 0.750. The Hall–Kier alpha value is -1.32. The smallest absolute Gasteiger partial charge is 0.137 e. The van der Waals surface area contributed by atoms with E-state index in [0.717, 1.165) is 17.3 Å². The van der Waals surface area contributed by atoms with Gasteiger partial charge in [0.15, 0.2) is 0 Å². The minimum absolute atomic E-state index is 0.348. The highest BCUT2D eigenvalue weighted by molar-refractivity contribution is 5.58. The molecule has 0 aliphatic heterocycles. The Balaban J connectivity index is 2.17. The Bertz CT molecular complexity index is 436. The number of hydrogen-bond donors (Lipinski definition) is 1. The molecule has 1 aromatic rings. The summed E-state index contributed by atoms with van der Waals surface area (Å²) < 4.78 is 0. The first-order valence-electron chi connectivity index (χ1n) is 7.87. The molecule has 20 heavy (non-hydrogen) atoms. The quantitative estimate of drug-likeness (QED) is 0.913. The minimum Gasteiger partial charge on any atom is -0.383 e. The van der Waals surface area contributed by atoms with Crippen molar-refractivity contribution in [2.45, 2.75) is 64.8 Å². The third-order valence-electron chi connectivity index (χ3n) is 4.75. The van der Waals surface area contributed by atoms with Crippen molar-refractivity contribution in [1.82, 2.24) is 9.97 Å². The van der Waals surface area contributed by atoms with Gasteiger partial charge in [0, 0.05) is 18.7 Å². The Morgan fingerprint density at radius 1 is 1.25 bits per heavy atom. The van der Waals surface area contributed by atoms with Gasteiger partial charge in [-0.1, -0.05) is 27.2 Å².